The molecule has 0 aromatic rings. The molecule has 0 spiro atoms. The van der Waals surface area contributed by atoms with E-state index in [9.17, 15) is 4.79 Å². The van der Waals surface area contributed by atoms with Gasteiger partial charge in [-0.1, -0.05) is 12.1 Å². The number of carbonyl (C=O) groups is 1. The number of amidine groups is 1. The molecule has 1 atom stereocenters. The largest absolute Gasteiger partial charge is 0.409 e. The Labute approximate surface area is 101 Å². The van der Waals surface area contributed by atoms with E-state index in [-0.39, 0.29) is 23.7 Å². The summed E-state index contributed by atoms with van der Waals surface area (Å²) in [5, 5.41) is 15.0. The van der Waals surface area contributed by atoms with Crippen LogP contribution in [0.15, 0.2) is 5.16 Å². The van der Waals surface area contributed by atoms with E-state index in [4.69, 9.17) is 16.7 Å². The number of nitrogens with two attached hydrogens (primary N) is 2. The van der Waals surface area contributed by atoms with Gasteiger partial charge in [0.1, 0.15) is 0 Å². The highest BCUT2D eigenvalue weighted by molar-refractivity contribution is 5.85. The molecule has 0 aliphatic heterocycles. The molecule has 1 unspecified atom stereocenters. The van der Waals surface area contributed by atoms with Crippen LogP contribution in [0.5, 0.6) is 0 Å². The maximum atomic E-state index is 11.0. The van der Waals surface area contributed by atoms with Crippen LogP contribution < -0.4 is 16.8 Å². The molecule has 0 bridgehead atoms. The van der Waals surface area contributed by atoms with Gasteiger partial charge in [0.15, 0.2) is 5.84 Å². The van der Waals surface area contributed by atoms with Gasteiger partial charge >= 0.3 is 0 Å². The summed E-state index contributed by atoms with van der Waals surface area (Å²) in [6.45, 7) is 1.98. The molecule has 1 fully saturated rings. The number of rotatable bonds is 5. The van der Waals surface area contributed by atoms with Crippen LogP contribution in [0, 0.1) is 5.92 Å². The summed E-state index contributed by atoms with van der Waals surface area (Å²) in [5.74, 6) is 0.0217. The van der Waals surface area contributed by atoms with Gasteiger partial charge in [0.25, 0.3) is 0 Å². The third-order valence-electron chi connectivity index (χ3n) is 3.45. The van der Waals surface area contributed by atoms with Crippen molar-refractivity contribution in [2.24, 2.45) is 22.5 Å². The molecule has 1 aliphatic carbocycles. The van der Waals surface area contributed by atoms with Gasteiger partial charge in [0, 0.05) is 12.0 Å². The van der Waals surface area contributed by atoms with Gasteiger partial charge in [-0.3, -0.25) is 4.79 Å². The first-order valence-corrected chi connectivity index (χ1v) is 6.11. The van der Waals surface area contributed by atoms with E-state index in [0.29, 0.717) is 6.04 Å². The molecule has 98 valence electrons. The van der Waals surface area contributed by atoms with Crippen LogP contribution in [-0.2, 0) is 4.79 Å². The van der Waals surface area contributed by atoms with Crippen LogP contribution in [0.4, 0.5) is 0 Å². The maximum Gasteiger partial charge on any atom is 0.220 e. The maximum absolute atomic E-state index is 11.0. The Bertz CT molecular complexity index is 285. The number of nitrogens with one attached hydrogen (secondary N) is 1. The molecular formula is C11H22N4O2. The lowest BCUT2D eigenvalue weighted by Gasteiger charge is -2.30. The van der Waals surface area contributed by atoms with Crippen LogP contribution in [0.2, 0.25) is 0 Å². The smallest absolute Gasteiger partial charge is 0.220 e. The second kappa shape index (κ2) is 6.44. The van der Waals surface area contributed by atoms with E-state index in [0.717, 1.165) is 32.1 Å². The van der Waals surface area contributed by atoms with Crippen molar-refractivity contribution in [1.82, 2.24) is 5.32 Å². The van der Waals surface area contributed by atoms with Gasteiger partial charge in [-0.2, -0.15) is 0 Å². The Morgan fingerprint density at radius 1 is 1.41 bits per heavy atom. The Kier molecular flexibility index (Phi) is 5.21. The fourth-order valence-electron chi connectivity index (χ4n) is 2.31. The van der Waals surface area contributed by atoms with Gasteiger partial charge in [0.05, 0.1) is 6.04 Å². The third-order valence-corrected chi connectivity index (χ3v) is 3.45. The van der Waals surface area contributed by atoms with Crippen LogP contribution in [0.25, 0.3) is 0 Å². The zero-order valence-electron chi connectivity index (χ0n) is 10.2. The molecule has 17 heavy (non-hydrogen) atoms. The lowest BCUT2D eigenvalue weighted by molar-refractivity contribution is -0.122. The SMILES string of the molecule is CCC(NC1CCC(C(N)=O)CC1)C(N)=NO. The summed E-state index contributed by atoms with van der Waals surface area (Å²) in [6, 6.07) is 0.214. The van der Waals surface area contributed by atoms with Crippen molar-refractivity contribution in [3.8, 4) is 0 Å². The van der Waals surface area contributed by atoms with Gasteiger partial charge in [-0.15, -0.1) is 0 Å². The molecule has 0 aromatic carbocycles. The minimum Gasteiger partial charge on any atom is -0.409 e. The summed E-state index contributed by atoms with van der Waals surface area (Å²) in [5.41, 5.74) is 10.9. The molecule has 0 radical (unpaired) electrons. The zero-order valence-corrected chi connectivity index (χ0v) is 10.2. The second-order valence-electron chi connectivity index (χ2n) is 4.60. The van der Waals surface area contributed by atoms with E-state index >= 15 is 0 Å². The first-order chi connectivity index (χ1) is 8.08. The molecule has 0 heterocycles. The molecule has 0 aromatic heterocycles. The molecule has 6 heteroatoms. The van der Waals surface area contributed by atoms with Crippen LogP contribution in [-0.4, -0.2) is 29.0 Å². The monoisotopic (exact) mass is 242 g/mol. The molecule has 6 nitrogen and oxygen atoms in total. The van der Waals surface area contributed by atoms with Crippen molar-refractivity contribution in [1.29, 1.82) is 0 Å². The predicted molar refractivity (Wildman–Crippen MR) is 65.6 cm³/mol. The van der Waals surface area contributed by atoms with Gasteiger partial charge in [-0.25, -0.2) is 0 Å². The topological polar surface area (TPSA) is 114 Å². The minimum atomic E-state index is -0.202. The summed E-state index contributed by atoms with van der Waals surface area (Å²) in [4.78, 5) is 11.0. The van der Waals surface area contributed by atoms with Crippen LogP contribution in [0.1, 0.15) is 39.0 Å². The van der Waals surface area contributed by atoms with Crippen molar-refractivity contribution in [2.45, 2.75) is 51.1 Å². The number of amides is 1. The average Bonchev–Trinajstić information content (AvgIpc) is 2.35. The second-order valence-corrected chi connectivity index (χ2v) is 4.60. The van der Waals surface area contributed by atoms with E-state index in [1.807, 2.05) is 6.92 Å². The van der Waals surface area contributed by atoms with Gasteiger partial charge in [0.2, 0.25) is 5.91 Å². The summed E-state index contributed by atoms with van der Waals surface area (Å²) in [7, 11) is 0. The molecule has 0 saturated heterocycles. The fraction of sp³-hybridized carbons (Fsp3) is 0.818. The molecular weight excluding hydrogens is 220 g/mol. The first kappa shape index (κ1) is 13.8. The predicted octanol–water partition coefficient (Wildman–Crippen LogP) is 0.145. The van der Waals surface area contributed by atoms with Crippen molar-refractivity contribution in [2.75, 3.05) is 0 Å². The lowest BCUT2D eigenvalue weighted by atomic mass is 9.85. The van der Waals surface area contributed by atoms with E-state index < -0.39 is 0 Å². The first-order valence-electron chi connectivity index (χ1n) is 6.11. The Balaban J connectivity index is 2.41. The highest BCUT2D eigenvalue weighted by Gasteiger charge is 2.26. The Morgan fingerprint density at radius 2 is 2.00 bits per heavy atom. The average molecular weight is 242 g/mol. The minimum absolute atomic E-state index is 0.0111. The normalized spacial score (nSPS) is 27.7. The summed E-state index contributed by atoms with van der Waals surface area (Å²) >= 11 is 0. The van der Waals surface area contributed by atoms with Gasteiger partial charge < -0.3 is 22.0 Å². The number of oxime groups is 1. The molecule has 1 saturated carbocycles. The molecule has 6 N–H and O–H groups in total. The number of nitrogens with zero attached hydrogens (tertiary/aromatic N) is 1. The standard InChI is InChI=1S/C11H22N4O2/c1-2-9(10(12)15-17)14-8-5-3-7(4-6-8)11(13)16/h7-9,14,17H,2-6H2,1H3,(H2,12,15)(H2,13,16). The fourth-order valence-corrected chi connectivity index (χ4v) is 2.31. The lowest BCUT2D eigenvalue weighted by Crippen LogP contribution is -2.47. The van der Waals surface area contributed by atoms with Crippen molar-refractivity contribution >= 4 is 11.7 Å². The summed E-state index contributed by atoms with van der Waals surface area (Å²) in [6.07, 6.45) is 4.22. The van der Waals surface area contributed by atoms with Gasteiger partial charge in [-0.05, 0) is 32.1 Å². The van der Waals surface area contributed by atoms with Crippen molar-refractivity contribution in [3.63, 3.8) is 0 Å². The number of hydrogen-bond donors (Lipinski definition) is 4. The van der Waals surface area contributed by atoms with Crippen LogP contribution >= 0.6 is 0 Å². The summed E-state index contributed by atoms with van der Waals surface area (Å²) < 4.78 is 0. The molecule has 1 aliphatic rings. The highest BCUT2D eigenvalue weighted by atomic mass is 16.4. The Morgan fingerprint density at radius 3 is 2.41 bits per heavy atom. The zero-order chi connectivity index (χ0) is 12.8. The number of primary amides is 1. The third kappa shape index (κ3) is 3.89. The van der Waals surface area contributed by atoms with Crippen LogP contribution in [0.3, 0.4) is 0 Å². The number of hydrogen-bond acceptors (Lipinski definition) is 4. The Hall–Kier alpha value is -1.30. The van der Waals surface area contributed by atoms with E-state index in [2.05, 4.69) is 10.5 Å². The quantitative estimate of drug-likeness (QED) is 0.238. The van der Waals surface area contributed by atoms with E-state index in [1.165, 1.54) is 0 Å². The molecule has 1 rings (SSSR count). The molecule has 1 amide bonds. The van der Waals surface area contributed by atoms with Crippen molar-refractivity contribution < 1.29 is 10.0 Å². The van der Waals surface area contributed by atoms with Crippen molar-refractivity contribution in [3.05, 3.63) is 0 Å². The highest BCUT2D eigenvalue weighted by Crippen LogP contribution is 2.24. The number of carbonyl (C=O) groups excluding carboxylic acids is 1. The van der Waals surface area contributed by atoms with E-state index in [1.54, 1.807) is 0 Å².